The molecule has 0 spiro atoms. The van der Waals surface area contributed by atoms with E-state index in [-0.39, 0.29) is 0 Å². The first-order valence-electron chi connectivity index (χ1n) is 6.36. The van der Waals surface area contributed by atoms with Crippen molar-refractivity contribution in [1.82, 2.24) is 5.32 Å². The SMILES string of the molecule is Clc1cccc(CC2Cc3ccccc3CN2)c1. The summed E-state index contributed by atoms with van der Waals surface area (Å²) < 4.78 is 0. The highest BCUT2D eigenvalue weighted by atomic mass is 35.5. The van der Waals surface area contributed by atoms with Gasteiger partial charge in [0.25, 0.3) is 0 Å². The molecule has 2 aromatic carbocycles. The molecule has 0 saturated heterocycles. The molecule has 0 saturated carbocycles. The average Bonchev–Trinajstić information content (AvgIpc) is 2.39. The molecule has 1 unspecified atom stereocenters. The zero-order valence-electron chi connectivity index (χ0n) is 10.2. The molecule has 0 amide bonds. The first-order valence-corrected chi connectivity index (χ1v) is 6.74. The summed E-state index contributed by atoms with van der Waals surface area (Å²) in [4.78, 5) is 0. The average molecular weight is 258 g/mol. The molecule has 0 radical (unpaired) electrons. The number of halogens is 1. The van der Waals surface area contributed by atoms with Crippen molar-refractivity contribution in [3.63, 3.8) is 0 Å². The van der Waals surface area contributed by atoms with Crippen molar-refractivity contribution in [1.29, 1.82) is 0 Å². The monoisotopic (exact) mass is 257 g/mol. The van der Waals surface area contributed by atoms with Crippen molar-refractivity contribution in [3.8, 4) is 0 Å². The van der Waals surface area contributed by atoms with Gasteiger partial charge in [0.2, 0.25) is 0 Å². The summed E-state index contributed by atoms with van der Waals surface area (Å²) in [6, 6.07) is 17.3. The van der Waals surface area contributed by atoms with E-state index in [0.717, 1.165) is 24.4 Å². The van der Waals surface area contributed by atoms with Crippen LogP contribution in [0.4, 0.5) is 0 Å². The van der Waals surface area contributed by atoms with Crippen LogP contribution in [0.5, 0.6) is 0 Å². The molecule has 1 heterocycles. The number of hydrogen-bond donors (Lipinski definition) is 1. The van der Waals surface area contributed by atoms with Crippen LogP contribution in [0.2, 0.25) is 5.02 Å². The van der Waals surface area contributed by atoms with E-state index >= 15 is 0 Å². The van der Waals surface area contributed by atoms with Gasteiger partial charge in [-0.25, -0.2) is 0 Å². The van der Waals surface area contributed by atoms with Crippen LogP contribution in [-0.4, -0.2) is 6.04 Å². The third-order valence-corrected chi connectivity index (χ3v) is 3.77. The molecule has 1 nitrogen and oxygen atoms in total. The van der Waals surface area contributed by atoms with Crippen molar-refractivity contribution >= 4 is 11.6 Å². The highest BCUT2D eigenvalue weighted by Gasteiger charge is 2.17. The van der Waals surface area contributed by atoms with Crippen molar-refractivity contribution in [2.24, 2.45) is 0 Å². The molecule has 1 aliphatic rings. The molecule has 1 atom stereocenters. The van der Waals surface area contributed by atoms with E-state index in [1.165, 1.54) is 16.7 Å². The normalized spacial score (nSPS) is 18.4. The number of hydrogen-bond acceptors (Lipinski definition) is 1. The van der Waals surface area contributed by atoms with Gasteiger partial charge in [-0.15, -0.1) is 0 Å². The molecule has 0 aromatic heterocycles. The van der Waals surface area contributed by atoms with Gasteiger partial charge in [-0.2, -0.15) is 0 Å². The molecule has 0 fully saturated rings. The second kappa shape index (κ2) is 5.13. The van der Waals surface area contributed by atoms with Crippen LogP contribution in [-0.2, 0) is 19.4 Å². The maximum Gasteiger partial charge on any atom is 0.0408 e. The number of nitrogens with one attached hydrogen (secondary N) is 1. The fraction of sp³-hybridized carbons (Fsp3) is 0.250. The Morgan fingerprint density at radius 3 is 2.72 bits per heavy atom. The molecule has 1 aliphatic heterocycles. The van der Waals surface area contributed by atoms with E-state index in [9.17, 15) is 0 Å². The van der Waals surface area contributed by atoms with Gasteiger partial charge in [0.15, 0.2) is 0 Å². The lowest BCUT2D eigenvalue weighted by atomic mass is 9.92. The summed E-state index contributed by atoms with van der Waals surface area (Å²) in [6.45, 7) is 0.974. The van der Waals surface area contributed by atoms with E-state index in [2.05, 4.69) is 41.7 Å². The summed E-state index contributed by atoms with van der Waals surface area (Å²) in [6.07, 6.45) is 2.14. The van der Waals surface area contributed by atoms with Gasteiger partial charge in [0.05, 0.1) is 0 Å². The molecule has 92 valence electrons. The Morgan fingerprint density at radius 1 is 1.06 bits per heavy atom. The predicted octanol–water partition coefficient (Wildman–Crippen LogP) is 3.60. The first-order chi connectivity index (χ1) is 8.81. The van der Waals surface area contributed by atoms with E-state index in [1.54, 1.807) is 0 Å². The van der Waals surface area contributed by atoms with E-state index < -0.39 is 0 Å². The predicted molar refractivity (Wildman–Crippen MR) is 75.9 cm³/mol. The molecule has 18 heavy (non-hydrogen) atoms. The van der Waals surface area contributed by atoms with Crippen LogP contribution in [0.15, 0.2) is 48.5 Å². The first kappa shape index (κ1) is 11.8. The minimum absolute atomic E-state index is 0.512. The Kier molecular flexibility index (Phi) is 3.35. The smallest absolute Gasteiger partial charge is 0.0408 e. The van der Waals surface area contributed by atoms with Gasteiger partial charge in [-0.1, -0.05) is 48.0 Å². The molecule has 0 bridgehead atoms. The molecule has 3 rings (SSSR count). The highest BCUT2D eigenvalue weighted by Crippen LogP contribution is 2.19. The Labute approximate surface area is 113 Å². The molecular weight excluding hydrogens is 242 g/mol. The standard InChI is InChI=1S/C16H16ClN/c17-15-7-3-4-12(8-15)9-16-10-13-5-1-2-6-14(13)11-18-16/h1-8,16,18H,9-11H2. The van der Waals surface area contributed by atoms with Crippen molar-refractivity contribution < 1.29 is 0 Å². The lowest BCUT2D eigenvalue weighted by molar-refractivity contribution is 0.477. The van der Waals surface area contributed by atoms with Gasteiger partial charge < -0.3 is 5.32 Å². The lowest BCUT2D eigenvalue weighted by Gasteiger charge is -2.26. The van der Waals surface area contributed by atoms with Crippen LogP contribution in [0.1, 0.15) is 16.7 Å². The minimum atomic E-state index is 0.512. The van der Waals surface area contributed by atoms with Crippen molar-refractivity contribution in [3.05, 3.63) is 70.2 Å². The van der Waals surface area contributed by atoms with Crippen LogP contribution < -0.4 is 5.32 Å². The second-order valence-electron chi connectivity index (χ2n) is 4.88. The zero-order valence-corrected chi connectivity index (χ0v) is 11.0. The third-order valence-electron chi connectivity index (χ3n) is 3.54. The molecule has 2 aromatic rings. The van der Waals surface area contributed by atoms with Crippen LogP contribution in [0.3, 0.4) is 0 Å². The number of rotatable bonds is 2. The summed E-state index contributed by atoms with van der Waals surface area (Å²) >= 11 is 6.02. The summed E-state index contributed by atoms with van der Waals surface area (Å²) in [5.41, 5.74) is 4.21. The molecular formula is C16H16ClN. The quantitative estimate of drug-likeness (QED) is 0.867. The Hall–Kier alpha value is -1.31. The minimum Gasteiger partial charge on any atom is -0.309 e. The van der Waals surface area contributed by atoms with E-state index in [0.29, 0.717) is 6.04 Å². The summed E-state index contributed by atoms with van der Waals surface area (Å²) in [7, 11) is 0. The number of benzene rings is 2. The molecule has 0 aliphatic carbocycles. The van der Waals surface area contributed by atoms with Crippen LogP contribution in [0, 0.1) is 0 Å². The fourth-order valence-electron chi connectivity index (χ4n) is 2.61. The van der Waals surface area contributed by atoms with Crippen molar-refractivity contribution in [2.45, 2.75) is 25.4 Å². The van der Waals surface area contributed by atoms with Gasteiger partial charge >= 0.3 is 0 Å². The van der Waals surface area contributed by atoms with Crippen LogP contribution >= 0.6 is 11.6 Å². The van der Waals surface area contributed by atoms with E-state index in [1.807, 2.05) is 12.1 Å². The number of fused-ring (bicyclic) bond motifs is 1. The molecule has 2 heteroatoms. The maximum absolute atomic E-state index is 6.02. The Balaban J connectivity index is 1.73. The van der Waals surface area contributed by atoms with Gasteiger partial charge in [-0.3, -0.25) is 0 Å². The van der Waals surface area contributed by atoms with Crippen molar-refractivity contribution in [2.75, 3.05) is 0 Å². The molecule has 1 N–H and O–H groups in total. The summed E-state index contributed by atoms with van der Waals surface area (Å²) in [5, 5.41) is 4.42. The lowest BCUT2D eigenvalue weighted by Crippen LogP contribution is -2.37. The maximum atomic E-state index is 6.02. The zero-order chi connectivity index (χ0) is 12.4. The fourth-order valence-corrected chi connectivity index (χ4v) is 2.83. The van der Waals surface area contributed by atoms with Gasteiger partial charge in [0.1, 0.15) is 0 Å². The highest BCUT2D eigenvalue weighted by molar-refractivity contribution is 6.30. The summed E-state index contributed by atoms with van der Waals surface area (Å²) in [5.74, 6) is 0. The topological polar surface area (TPSA) is 12.0 Å². The largest absolute Gasteiger partial charge is 0.309 e. The second-order valence-corrected chi connectivity index (χ2v) is 5.32. The van der Waals surface area contributed by atoms with E-state index in [4.69, 9.17) is 11.6 Å². The van der Waals surface area contributed by atoms with Gasteiger partial charge in [-0.05, 0) is 41.7 Å². The third kappa shape index (κ3) is 2.58. The van der Waals surface area contributed by atoms with Crippen LogP contribution in [0.25, 0.3) is 0 Å². The van der Waals surface area contributed by atoms with Gasteiger partial charge in [0, 0.05) is 17.6 Å². The Bertz CT molecular complexity index is 550. The Morgan fingerprint density at radius 2 is 1.89 bits per heavy atom.